The summed E-state index contributed by atoms with van der Waals surface area (Å²) in [5, 5.41) is 5.25. The molecule has 2 aliphatic rings. The third-order valence-corrected chi connectivity index (χ3v) is 6.25. The van der Waals surface area contributed by atoms with E-state index >= 15 is 0 Å². The molecule has 1 aromatic rings. The molecule has 1 aliphatic carbocycles. The maximum absolute atomic E-state index is 12.5. The molecule has 0 radical (unpaired) electrons. The lowest BCUT2D eigenvalue weighted by Gasteiger charge is -2.29. The van der Waals surface area contributed by atoms with Crippen molar-refractivity contribution in [2.75, 3.05) is 0 Å². The van der Waals surface area contributed by atoms with E-state index in [1.807, 2.05) is 11.4 Å². The molecule has 2 heterocycles. The molecule has 1 saturated heterocycles. The molecule has 1 saturated carbocycles. The van der Waals surface area contributed by atoms with Crippen LogP contribution in [0, 0.1) is 0 Å². The first kappa shape index (κ1) is 15.2. The molecular formula is C15H19BrN2O2S. The molecule has 2 fully saturated rings. The number of amides is 2. The van der Waals surface area contributed by atoms with Crippen molar-refractivity contribution in [1.29, 1.82) is 0 Å². The molecule has 1 atom stereocenters. The van der Waals surface area contributed by atoms with Crippen molar-refractivity contribution < 1.29 is 9.59 Å². The molecule has 1 unspecified atom stereocenters. The van der Waals surface area contributed by atoms with E-state index in [1.54, 1.807) is 16.2 Å². The molecule has 21 heavy (non-hydrogen) atoms. The fourth-order valence-electron chi connectivity index (χ4n) is 3.20. The summed E-state index contributed by atoms with van der Waals surface area (Å²) in [6, 6.07) is 1.78. The molecular weight excluding hydrogens is 352 g/mol. The molecule has 6 heteroatoms. The summed E-state index contributed by atoms with van der Waals surface area (Å²) in [6.07, 6.45) is 5.73. The van der Waals surface area contributed by atoms with Gasteiger partial charge < -0.3 is 5.32 Å². The van der Waals surface area contributed by atoms with Crippen molar-refractivity contribution in [2.45, 2.75) is 57.2 Å². The lowest BCUT2D eigenvalue weighted by molar-refractivity contribution is -0.142. The summed E-state index contributed by atoms with van der Waals surface area (Å²) in [7, 11) is 0. The van der Waals surface area contributed by atoms with E-state index in [-0.39, 0.29) is 23.9 Å². The Bertz CT molecular complexity index is 540. The van der Waals surface area contributed by atoms with Crippen LogP contribution in [0.4, 0.5) is 0 Å². The predicted octanol–water partition coefficient (Wildman–Crippen LogP) is 3.06. The van der Waals surface area contributed by atoms with Gasteiger partial charge >= 0.3 is 0 Å². The lowest BCUT2D eigenvalue weighted by atomic mass is 9.94. The van der Waals surface area contributed by atoms with Gasteiger partial charge in [0.15, 0.2) is 0 Å². The second-order valence-electron chi connectivity index (χ2n) is 5.72. The standard InChI is InChI=1S/C15H19BrN2O2S/c16-11-6-7-21-13(11)9-17-12-8-14(19)18(15(12)20)10-4-2-1-3-5-10/h6-7,10,12,17H,1-5,8-9H2. The Balaban J connectivity index is 1.61. The van der Waals surface area contributed by atoms with Gasteiger partial charge in [0, 0.05) is 21.9 Å². The lowest BCUT2D eigenvalue weighted by Crippen LogP contribution is -2.44. The van der Waals surface area contributed by atoms with E-state index in [1.165, 1.54) is 6.42 Å². The Hall–Kier alpha value is -0.720. The van der Waals surface area contributed by atoms with E-state index < -0.39 is 0 Å². The van der Waals surface area contributed by atoms with Crippen molar-refractivity contribution in [2.24, 2.45) is 0 Å². The zero-order chi connectivity index (χ0) is 14.8. The third kappa shape index (κ3) is 3.22. The number of imide groups is 1. The second-order valence-corrected chi connectivity index (χ2v) is 7.58. The zero-order valence-electron chi connectivity index (χ0n) is 11.8. The van der Waals surface area contributed by atoms with Gasteiger partial charge in [-0.1, -0.05) is 19.3 Å². The Morgan fingerprint density at radius 1 is 1.29 bits per heavy atom. The SMILES string of the molecule is O=C1CC(NCc2sccc2Br)C(=O)N1C1CCCCC1. The first-order valence-corrected chi connectivity index (χ1v) is 9.15. The van der Waals surface area contributed by atoms with Gasteiger partial charge in [0.2, 0.25) is 11.8 Å². The molecule has 0 aromatic carbocycles. The monoisotopic (exact) mass is 370 g/mol. The number of hydrogen-bond donors (Lipinski definition) is 1. The number of nitrogens with zero attached hydrogens (tertiary/aromatic N) is 1. The fourth-order valence-corrected chi connectivity index (χ4v) is 4.64. The summed E-state index contributed by atoms with van der Waals surface area (Å²) in [5.74, 6) is -0.0331. The van der Waals surface area contributed by atoms with Crippen LogP contribution in [0.25, 0.3) is 0 Å². The number of carbonyl (C=O) groups is 2. The van der Waals surface area contributed by atoms with E-state index in [2.05, 4.69) is 21.2 Å². The van der Waals surface area contributed by atoms with Crippen LogP contribution in [0.1, 0.15) is 43.4 Å². The van der Waals surface area contributed by atoms with Crippen molar-refractivity contribution >= 4 is 39.1 Å². The van der Waals surface area contributed by atoms with Crippen LogP contribution in [0.3, 0.4) is 0 Å². The number of nitrogens with one attached hydrogen (secondary N) is 1. The quantitative estimate of drug-likeness (QED) is 0.828. The van der Waals surface area contributed by atoms with Crippen LogP contribution in [-0.4, -0.2) is 28.8 Å². The number of hydrogen-bond acceptors (Lipinski definition) is 4. The van der Waals surface area contributed by atoms with Crippen LogP contribution >= 0.6 is 27.3 Å². The minimum absolute atomic E-state index is 0.00496. The largest absolute Gasteiger partial charge is 0.300 e. The highest BCUT2D eigenvalue weighted by molar-refractivity contribution is 9.10. The topological polar surface area (TPSA) is 49.4 Å². The highest BCUT2D eigenvalue weighted by Crippen LogP contribution is 2.28. The van der Waals surface area contributed by atoms with Crippen LogP contribution in [-0.2, 0) is 16.1 Å². The van der Waals surface area contributed by atoms with Crippen LogP contribution in [0.5, 0.6) is 0 Å². The van der Waals surface area contributed by atoms with Gasteiger partial charge in [0.05, 0.1) is 12.5 Å². The Labute approximate surface area is 137 Å². The molecule has 4 nitrogen and oxygen atoms in total. The van der Waals surface area contributed by atoms with Crippen LogP contribution in [0.2, 0.25) is 0 Å². The minimum Gasteiger partial charge on any atom is -0.300 e. The summed E-state index contributed by atoms with van der Waals surface area (Å²) in [6.45, 7) is 0.625. The van der Waals surface area contributed by atoms with E-state index in [0.717, 1.165) is 35.0 Å². The Kier molecular flexibility index (Phi) is 4.76. The molecule has 0 bridgehead atoms. The summed E-state index contributed by atoms with van der Waals surface area (Å²) < 4.78 is 1.06. The smallest absolute Gasteiger partial charge is 0.247 e. The van der Waals surface area contributed by atoms with Gasteiger partial charge in [-0.2, -0.15) is 0 Å². The second kappa shape index (κ2) is 6.58. The molecule has 1 aromatic heterocycles. The van der Waals surface area contributed by atoms with Crippen molar-refractivity contribution in [3.05, 3.63) is 20.8 Å². The number of halogens is 1. The highest BCUT2D eigenvalue weighted by Gasteiger charge is 2.42. The average molecular weight is 371 g/mol. The maximum atomic E-state index is 12.5. The van der Waals surface area contributed by atoms with Crippen LogP contribution < -0.4 is 5.32 Å². The van der Waals surface area contributed by atoms with Gasteiger partial charge in [-0.3, -0.25) is 14.5 Å². The number of rotatable bonds is 4. The number of carbonyl (C=O) groups excluding carboxylic acids is 2. The van der Waals surface area contributed by atoms with Crippen molar-refractivity contribution in [3.63, 3.8) is 0 Å². The highest BCUT2D eigenvalue weighted by atomic mass is 79.9. The molecule has 2 amide bonds. The van der Waals surface area contributed by atoms with Crippen molar-refractivity contribution in [1.82, 2.24) is 10.2 Å². The van der Waals surface area contributed by atoms with E-state index in [9.17, 15) is 9.59 Å². The Morgan fingerprint density at radius 3 is 2.71 bits per heavy atom. The van der Waals surface area contributed by atoms with Gasteiger partial charge in [-0.05, 0) is 40.2 Å². The van der Waals surface area contributed by atoms with Gasteiger partial charge in [0.1, 0.15) is 0 Å². The zero-order valence-corrected chi connectivity index (χ0v) is 14.2. The van der Waals surface area contributed by atoms with Crippen LogP contribution in [0.15, 0.2) is 15.9 Å². The number of thiophene rings is 1. The molecule has 3 rings (SSSR count). The normalized spacial score (nSPS) is 24.0. The van der Waals surface area contributed by atoms with E-state index in [4.69, 9.17) is 0 Å². The van der Waals surface area contributed by atoms with Gasteiger partial charge in [-0.25, -0.2) is 0 Å². The average Bonchev–Trinajstić information content (AvgIpc) is 3.01. The first-order chi connectivity index (χ1) is 10.2. The Morgan fingerprint density at radius 2 is 2.05 bits per heavy atom. The van der Waals surface area contributed by atoms with Crippen molar-refractivity contribution in [3.8, 4) is 0 Å². The molecule has 0 spiro atoms. The summed E-state index contributed by atoms with van der Waals surface area (Å²) >= 11 is 5.13. The summed E-state index contributed by atoms with van der Waals surface area (Å²) in [5.41, 5.74) is 0. The summed E-state index contributed by atoms with van der Waals surface area (Å²) in [4.78, 5) is 27.4. The van der Waals surface area contributed by atoms with Gasteiger partial charge in [0.25, 0.3) is 0 Å². The third-order valence-electron chi connectivity index (χ3n) is 4.32. The minimum atomic E-state index is -0.353. The first-order valence-electron chi connectivity index (χ1n) is 7.48. The fraction of sp³-hybridized carbons (Fsp3) is 0.600. The molecule has 1 N–H and O–H groups in total. The van der Waals surface area contributed by atoms with Gasteiger partial charge in [-0.15, -0.1) is 11.3 Å². The van der Waals surface area contributed by atoms with E-state index in [0.29, 0.717) is 13.0 Å². The number of likely N-dealkylation sites (tertiary alicyclic amines) is 1. The molecule has 114 valence electrons. The molecule has 1 aliphatic heterocycles. The predicted molar refractivity (Wildman–Crippen MR) is 86.0 cm³/mol. The maximum Gasteiger partial charge on any atom is 0.247 e.